The SMILES string of the molecule is CN(CC(=O)NCC1CN(C)CCN1C)Cc1ccccc1F. The zero-order chi connectivity index (χ0) is 16.8. The number of amides is 1. The van der Waals surface area contributed by atoms with Gasteiger partial charge in [-0.2, -0.15) is 0 Å². The summed E-state index contributed by atoms with van der Waals surface area (Å²) in [6, 6.07) is 7.01. The van der Waals surface area contributed by atoms with Gasteiger partial charge in [-0.1, -0.05) is 18.2 Å². The number of rotatable bonds is 6. The molecule has 1 aliphatic heterocycles. The molecule has 0 spiro atoms. The van der Waals surface area contributed by atoms with Gasteiger partial charge in [0.15, 0.2) is 0 Å². The van der Waals surface area contributed by atoms with Gasteiger partial charge in [0, 0.05) is 44.3 Å². The van der Waals surface area contributed by atoms with Crippen LogP contribution < -0.4 is 5.32 Å². The Morgan fingerprint density at radius 1 is 1.35 bits per heavy atom. The molecule has 0 aliphatic carbocycles. The third kappa shape index (κ3) is 5.57. The lowest BCUT2D eigenvalue weighted by Crippen LogP contribution is -2.54. The van der Waals surface area contributed by atoms with Crippen molar-refractivity contribution in [2.24, 2.45) is 0 Å². The number of hydrogen-bond acceptors (Lipinski definition) is 4. The molecule has 1 N–H and O–H groups in total. The molecule has 1 atom stereocenters. The smallest absolute Gasteiger partial charge is 0.234 e. The maximum Gasteiger partial charge on any atom is 0.234 e. The summed E-state index contributed by atoms with van der Waals surface area (Å²) >= 11 is 0. The van der Waals surface area contributed by atoms with Crippen LogP contribution in [0.5, 0.6) is 0 Å². The van der Waals surface area contributed by atoms with E-state index in [0.29, 0.717) is 24.7 Å². The number of halogens is 1. The van der Waals surface area contributed by atoms with E-state index < -0.39 is 0 Å². The van der Waals surface area contributed by atoms with Crippen molar-refractivity contribution in [2.75, 3.05) is 53.9 Å². The molecule has 1 fully saturated rings. The molecule has 6 heteroatoms. The minimum atomic E-state index is -0.230. The largest absolute Gasteiger partial charge is 0.353 e. The highest BCUT2D eigenvalue weighted by Crippen LogP contribution is 2.08. The predicted octanol–water partition coefficient (Wildman–Crippen LogP) is 0.620. The van der Waals surface area contributed by atoms with Crippen molar-refractivity contribution in [1.82, 2.24) is 20.0 Å². The highest BCUT2D eigenvalue weighted by molar-refractivity contribution is 5.78. The highest BCUT2D eigenvalue weighted by Gasteiger charge is 2.22. The van der Waals surface area contributed by atoms with Gasteiger partial charge in [-0.15, -0.1) is 0 Å². The quantitative estimate of drug-likeness (QED) is 0.833. The molecule has 0 radical (unpaired) electrons. The number of hydrogen-bond donors (Lipinski definition) is 1. The van der Waals surface area contributed by atoms with Crippen molar-refractivity contribution in [1.29, 1.82) is 0 Å². The molecule has 1 heterocycles. The van der Waals surface area contributed by atoms with E-state index in [2.05, 4.69) is 29.2 Å². The number of benzene rings is 1. The summed E-state index contributed by atoms with van der Waals surface area (Å²) in [7, 11) is 6.02. The van der Waals surface area contributed by atoms with Crippen LogP contribution in [-0.2, 0) is 11.3 Å². The van der Waals surface area contributed by atoms with Gasteiger partial charge in [0.05, 0.1) is 6.54 Å². The minimum Gasteiger partial charge on any atom is -0.353 e. The van der Waals surface area contributed by atoms with Crippen LogP contribution in [0.3, 0.4) is 0 Å². The summed E-state index contributed by atoms with van der Waals surface area (Å²) in [6.45, 7) is 4.37. The Labute approximate surface area is 138 Å². The van der Waals surface area contributed by atoms with Crippen LogP contribution in [0.25, 0.3) is 0 Å². The molecule has 0 saturated carbocycles. The van der Waals surface area contributed by atoms with E-state index in [-0.39, 0.29) is 18.3 Å². The van der Waals surface area contributed by atoms with Gasteiger partial charge in [-0.3, -0.25) is 14.6 Å². The van der Waals surface area contributed by atoms with Crippen LogP contribution in [0.1, 0.15) is 5.56 Å². The molecule has 0 aromatic heterocycles. The highest BCUT2D eigenvalue weighted by atomic mass is 19.1. The minimum absolute atomic E-state index is 0.0227. The third-order valence-corrected chi connectivity index (χ3v) is 4.33. The molecule has 1 saturated heterocycles. The molecule has 5 nitrogen and oxygen atoms in total. The molecule has 0 bridgehead atoms. The number of carbonyl (C=O) groups is 1. The lowest BCUT2D eigenvalue weighted by Gasteiger charge is -2.37. The van der Waals surface area contributed by atoms with Gasteiger partial charge in [-0.25, -0.2) is 4.39 Å². The molecule has 23 heavy (non-hydrogen) atoms. The van der Waals surface area contributed by atoms with E-state index in [4.69, 9.17) is 0 Å². The van der Waals surface area contributed by atoms with Gasteiger partial charge < -0.3 is 10.2 Å². The maximum atomic E-state index is 13.6. The second-order valence-corrected chi connectivity index (χ2v) is 6.46. The van der Waals surface area contributed by atoms with Crippen molar-refractivity contribution < 1.29 is 9.18 Å². The Hall–Kier alpha value is -1.50. The standard InChI is InChI=1S/C17H27FN4O/c1-20-8-9-22(3)15(12-20)10-19-17(23)13-21(2)11-14-6-4-5-7-16(14)18/h4-7,15H,8-13H2,1-3H3,(H,19,23). The average molecular weight is 322 g/mol. The van der Waals surface area contributed by atoms with Crippen molar-refractivity contribution in [3.63, 3.8) is 0 Å². The van der Waals surface area contributed by atoms with Crippen molar-refractivity contribution >= 4 is 5.91 Å². The maximum absolute atomic E-state index is 13.6. The molecule has 128 valence electrons. The van der Waals surface area contributed by atoms with Crippen LogP contribution in [0.2, 0.25) is 0 Å². The Kier molecular flexibility index (Phi) is 6.50. The van der Waals surface area contributed by atoms with Crippen molar-refractivity contribution in [2.45, 2.75) is 12.6 Å². The number of likely N-dealkylation sites (N-methyl/N-ethyl adjacent to an activating group) is 3. The Balaban J connectivity index is 1.75. The summed E-state index contributed by atoms with van der Waals surface area (Å²) in [4.78, 5) is 18.5. The van der Waals surface area contributed by atoms with E-state index in [9.17, 15) is 9.18 Å². The molecule has 1 aromatic rings. The van der Waals surface area contributed by atoms with E-state index in [1.807, 2.05) is 18.0 Å². The van der Waals surface area contributed by atoms with Crippen LogP contribution >= 0.6 is 0 Å². The van der Waals surface area contributed by atoms with E-state index >= 15 is 0 Å². The monoisotopic (exact) mass is 322 g/mol. The van der Waals surface area contributed by atoms with Gasteiger partial charge >= 0.3 is 0 Å². The van der Waals surface area contributed by atoms with Gasteiger partial charge in [0.25, 0.3) is 0 Å². The molecule has 1 unspecified atom stereocenters. The first kappa shape index (κ1) is 17.8. The lowest BCUT2D eigenvalue weighted by molar-refractivity contribution is -0.122. The fraction of sp³-hybridized carbons (Fsp3) is 0.588. The first-order valence-electron chi connectivity index (χ1n) is 8.03. The zero-order valence-electron chi connectivity index (χ0n) is 14.3. The predicted molar refractivity (Wildman–Crippen MR) is 89.7 cm³/mol. The lowest BCUT2D eigenvalue weighted by atomic mass is 10.2. The van der Waals surface area contributed by atoms with Crippen molar-refractivity contribution in [3.05, 3.63) is 35.6 Å². The summed E-state index contributed by atoms with van der Waals surface area (Å²) in [5, 5.41) is 2.99. The topological polar surface area (TPSA) is 38.8 Å². The van der Waals surface area contributed by atoms with Gasteiger partial charge in [0.1, 0.15) is 5.82 Å². The number of nitrogens with zero attached hydrogens (tertiary/aromatic N) is 3. The molecule has 1 amide bonds. The van der Waals surface area contributed by atoms with Crippen LogP contribution in [0.4, 0.5) is 4.39 Å². The number of carbonyl (C=O) groups excluding carboxylic acids is 1. The fourth-order valence-corrected chi connectivity index (χ4v) is 2.83. The fourth-order valence-electron chi connectivity index (χ4n) is 2.83. The number of piperazine rings is 1. The molecular weight excluding hydrogens is 295 g/mol. The molecular formula is C17H27FN4O. The Bertz CT molecular complexity index is 525. The van der Waals surface area contributed by atoms with Crippen LogP contribution in [-0.4, -0.2) is 80.5 Å². The molecule has 1 aromatic carbocycles. The van der Waals surface area contributed by atoms with Crippen LogP contribution in [0.15, 0.2) is 24.3 Å². The van der Waals surface area contributed by atoms with Gasteiger partial charge in [-0.05, 0) is 27.2 Å². The summed E-state index contributed by atoms with van der Waals surface area (Å²) < 4.78 is 13.6. The number of nitrogens with one attached hydrogen (secondary N) is 1. The third-order valence-electron chi connectivity index (χ3n) is 4.33. The molecule has 2 rings (SSSR count). The molecule has 1 aliphatic rings. The van der Waals surface area contributed by atoms with E-state index in [1.165, 1.54) is 6.07 Å². The van der Waals surface area contributed by atoms with Gasteiger partial charge in [0.2, 0.25) is 5.91 Å². The second-order valence-electron chi connectivity index (χ2n) is 6.46. The first-order valence-corrected chi connectivity index (χ1v) is 8.03. The van der Waals surface area contributed by atoms with E-state index in [1.54, 1.807) is 12.1 Å². The normalized spacial score (nSPS) is 20.0. The van der Waals surface area contributed by atoms with E-state index in [0.717, 1.165) is 19.6 Å². The van der Waals surface area contributed by atoms with Crippen LogP contribution in [0, 0.1) is 5.82 Å². The average Bonchev–Trinajstić information content (AvgIpc) is 2.50. The summed E-state index contributed by atoms with van der Waals surface area (Å²) in [5.74, 6) is -0.253. The second kappa shape index (κ2) is 8.38. The summed E-state index contributed by atoms with van der Waals surface area (Å²) in [6.07, 6.45) is 0. The first-order chi connectivity index (χ1) is 11.0. The van der Waals surface area contributed by atoms with Crippen molar-refractivity contribution in [3.8, 4) is 0 Å². The Morgan fingerprint density at radius 2 is 2.09 bits per heavy atom. The zero-order valence-corrected chi connectivity index (χ0v) is 14.3. The Morgan fingerprint density at radius 3 is 2.83 bits per heavy atom. The summed E-state index contributed by atoms with van der Waals surface area (Å²) in [5.41, 5.74) is 0.608.